The molecule has 2 atom stereocenters. The van der Waals surface area contributed by atoms with E-state index in [1.807, 2.05) is 13.8 Å². The Morgan fingerprint density at radius 2 is 1.90 bits per heavy atom. The zero-order valence-electron chi connectivity index (χ0n) is 17.4. The Morgan fingerprint density at radius 1 is 1.24 bits per heavy atom. The summed E-state index contributed by atoms with van der Waals surface area (Å²) in [4.78, 5) is 22.3. The van der Waals surface area contributed by atoms with E-state index in [0.29, 0.717) is 13.1 Å². The number of hydrogen-bond acceptors (Lipinski definition) is 7. The predicted molar refractivity (Wildman–Crippen MR) is 105 cm³/mol. The summed E-state index contributed by atoms with van der Waals surface area (Å²) in [6.07, 6.45) is 1.25. The third-order valence-corrected chi connectivity index (χ3v) is 5.36. The van der Waals surface area contributed by atoms with Crippen molar-refractivity contribution in [2.45, 2.75) is 52.2 Å². The number of pyridine rings is 2. The summed E-state index contributed by atoms with van der Waals surface area (Å²) in [5, 5.41) is 11.8. The Kier molecular flexibility index (Phi) is 5.33. The number of nitrogens with zero attached hydrogens (tertiary/aromatic N) is 5. The molecule has 8 nitrogen and oxygen atoms in total. The minimum absolute atomic E-state index is 0.000498. The van der Waals surface area contributed by atoms with Crippen LogP contribution in [-0.2, 0) is 0 Å². The molecule has 0 amide bonds. The van der Waals surface area contributed by atoms with Gasteiger partial charge in [0.2, 0.25) is 5.82 Å². The number of rotatable bonds is 3. The summed E-state index contributed by atoms with van der Waals surface area (Å²) in [5.41, 5.74) is -1.21. The van der Waals surface area contributed by atoms with Crippen LogP contribution in [0.3, 0.4) is 0 Å². The standard InChI is InChI=1S/C19H25F2N5O3/c1-10-9-25(19(3,4)5)11(2)8-24(10)15-12-7-22-18(29-6)13(20)14(12)23-17(21)16(15)26(27)28/h7,10-11H,8-9H2,1-6H3/t10-,11-/m1/s1. The van der Waals surface area contributed by atoms with Crippen molar-refractivity contribution in [3.63, 3.8) is 0 Å². The molecule has 2 aromatic heterocycles. The summed E-state index contributed by atoms with van der Waals surface area (Å²) >= 11 is 0. The van der Waals surface area contributed by atoms with Gasteiger partial charge in [-0.1, -0.05) is 0 Å². The highest BCUT2D eigenvalue weighted by atomic mass is 19.1. The molecule has 1 aliphatic heterocycles. The molecule has 0 unspecified atom stereocenters. The monoisotopic (exact) mass is 409 g/mol. The average Bonchev–Trinajstić information content (AvgIpc) is 2.62. The molecule has 2 aromatic rings. The number of halogens is 2. The molecule has 0 spiro atoms. The molecule has 1 fully saturated rings. The van der Waals surface area contributed by atoms with Crippen molar-refractivity contribution in [2.24, 2.45) is 0 Å². The van der Waals surface area contributed by atoms with Crippen molar-refractivity contribution < 1.29 is 18.4 Å². The number of anilines is 1. The van der Waals surface area contributed by atoms with Gasteiger partial charge in [-0.2, -0.15) is 8.78 Å². The highest BCUT2D eigenvalue weighted by Crippen LogP contribution is 2.41. The van der Waals surface area contributed by atoms with Gasteiger partial charge in [-0.05, 0) is 34.6 Å². The summed E-state index contributed by atoms with van der Waals surface area (Å²) in [5.74, 6) is -2.62. The molecule has 0 radical (unpaired) electrons. The molecule has 0 saturated carbocycles. The number of hydrogen-bond donors (Lipinski definition) is 0. The number of piperazine rings is 1. The Balaban J connectivity index is 2.23. The molecular weight excluding hydrogens is 384 g/mol. The number of nitro groups is 1. The Hall–Kier alpha value is -2.62. The Labute approximate surface area is 167 Å². The zero-order valence-corrected chi connectivity index (χ0v) is 17.4. The quantitative estimate of drug-likeness (QED) is 0.436. The predicted octanol–water partition coefficient (Wildman–Crippen LogP) is 3.52. The van der Waals surface area contributed by atoms with E-state index in [9.17, 15) is 18.9 Å². The van der Waals surface area contributed by atoms with Crippen LogP contribution >= 0.6 is 0 Å². The number of ether oxygens (including phenoxy) is 1. The zero-order chi connectivity index (χ0) is 21.7. The van der Waals surface area contributed by atoms with Gasteiger partial charge in [0.15, 0.2) is 0 Å². The van der Waals surface area contributed by atoms with Crippen molar-refractivity contribution in [1.82, 2.24) is 14.9 Å². The number of fused-ring (bicyclic) bond motifs is 1. The summed E-state index contributed by atoms with van der Waals surface area (Å²) in [7, 11) is 1.23. The lowest BCUT2D eigenvalue weighted by atomic mass is 9.97. The van der Waals surface area contributed by atoms with Gasteiger partial charge in [-0.15, -0.1) is 0 Å². The Bertz CT molecular complexity index is 963. The molecule has 3 heterocycles. The molecule has 29 heavy (non-hydrogen) atoms. The maximum absolute atomic E-state index is 14.7. The van der Waals surface area contributed by atoms with Gasteiger partial charge in [-0.25, -0.2) is 9.97 Å². The molecule has 0 N–H and O–H groups in total. The molecule has 158 valence electrons. The lowest BCUT2D eigenvalue weighted by Crippen LogP contribution is -2.61. The molecule has 0 aromatic carbocycles. The topological polar surface area (TPSA) is 84.6 Å². The van der Waals surface area contributed by atoms with Gasteiger partial charge >= 0.3 is 5.69 Å². The van der Waals surface area contributed by atoms with Crippen LogP contribution in [0.2, 0.25) is 0 Å². The van der Waals surface area contributed by atoms with E-state index < -0.39 is 22.4 Å². The first-order valence-corrected chi connectivity index (χ1v) is 9.36. The van der Waals surface area contributed by atoms with Gasteiger partial charge in [0.05, 0.1) is 17.4 Å². The SMILES string of the molecule is COc1ncc2c(N3C[C@@H](C)N(C(C)(C)C)C[C@H]3C)c([N+](=O)[O-])c(F)nc2c1F. The van der Waals surface area contributed by atoms with Crippen molar-refractivity contribution in [2.75, 3.05) is 25.1 Å². The summed E-state index contributed by atoms with van der Waals surface area (Å²) in [6.45, 7) is 11.2. The van der Waals surface area contributed by atoms with E-state index in [0.717, 1.165) is 0 Å². The second-order valence-corrected chi connectivity index (χ2v) is 8.37. The van der Waals surface area contributed by atoms with Crippen LogP contribution in [0.4, 0.5) is 20.2 Å². The fourth-order valence-electron chi connectivity index (χ4n) is 4.09. The number of methoxy groups -OCH3 is 1. The number of aromatic nitrogens is 2. The first-order valence-electron chi connectivity index (χ1n) is 9.36. The molecule has 0 bridgehead atoms. The summed E-state index contributed by atoms with van der Waals surface area (Å²) in [6, 6.07) is -0.146. The lowest BCUT2D eigenvalue weighted by Gasteiger charge is -2.50. The third kappa shape index (κ3) is 3.57. The van der Waals surface area contributed by atoms with Crippen LogP contribution in [0.5, 0.6) is 5.88 Å². The smallest absolute Gasteiger partial charge is 0.347 e. The van der Waals surface area contributed by atoms with Gasteiger partial charge in [-0.3, -0.25) is 15.0 Å². The molecule has 10 heteroatoms. The minimum atomic E-state index is -1.33. The van der Waals surface area contributed by atoms with Crippen LogP contribution in [0.1, 0.15) is 34.6 Å². The highest BCUT2D eigenvalue weighted by Gasteiger charge is 2.39. The fraction of sp³-hybridized carbons (Fsp3) is 0.579. The first-order chi connectivity index (χ1) is 13.5. The first kappa shape index (κ1) is 21.1. The van der Waals surface area contributed by atoms with Crippen LogP contribution in [0.25, 0.3) is 10.9 Å². The molecule has 0 aliphatic carbocycles. The van der Waals surface area contributed by atoms with Crippen LogP contribution < -0.4 is 9.64 Å². The minimum Gasteiger partial charge on any atom is -0.479 e. The van der Waals surface area contributed by atoms with Crippen molar-refractivity contribution in [3.05, 3.63) is 28.1 Å². The second kappa shape index (κ2) is 7.33. The van der Waals surface area contributed by atoms with E-state index in [2.05, 4.69) is 35.6 Å². The summed E-state index contributed by atoms with van der Waals surface area (Å²) < 4.78 is 34.2. The van der Waals surface area contributed by atoms with Crippen molar-refractivity contribution in [1.29, 1.82) is 0 Å². The van der Waals surface area contributed by atoms with E-state index in [1.54, 1.807) is 4.90 Å². The maximum Gasteiger partial charge on any atom is 0.347 e. The van der Waals surface area contributed by atoms with Gasteiger partial charge in [0.25, 0.3) is 11.8 Å². The van der Waals surface area contributed by atoms with Crippen LogP contribution in [0.15, 0.2) is 6.20 Å². The van der Waals surface area contributed by atoms with E-state index in [4.69, 9.17) is 4.74 Å². The lowest BCUT2D eigenvalue weighted by molar-refractivity contribution is -0.387. The van der Waals surface area contributed by atoms with E-state index in [1.165, 1.54) is 13.3 Å². The van der Waals surface area contributed by atoms with E-state index >= 15 is 0 Å². The van der Waals surface area contributed by atoms with E-state index in [-0.39, 0.29) is 40.1 Å². The van der Waals surface area contributed by atoms with Gasteiger partial charge in [0.1, 0.15) is 11.2 Å². The van der Waals surface area contributed by atoms with Gasteiger partial charge in [0, 0.05) is 36.9 Å². The third-order valence-electron chi connectivity index (χ3n) is 5.36. The van der Waals surface area contributed by atoms with Crippen LogP contribution in [-0.4, -0.2) is 57.6 Å². The van der Waals surface area contributed by atoms with Crippen LogP contribution in [0, 0.1) is 21.9 Å². The highest BCUT2D eigenvalue weighted by molar-refractivity contribution is 5.97. The Morgan fingerprint density at radius 3 is 2.45 bits per heavy atom. The molecule has 3 rings (SSSR count). The largest absolute Gasteiger partial charge is 0.479 e. The molecule has 1 saturated heterocycles. The second-order valence-electron chi connectivity index (χ2n) is 8.37. The van der Waals surface area contributed by atoms with Crippen molar-refractivity contribution >= 4 is 22.3 Å². The van der Waals surface area contributed by atoms with Gasteiger partial charge < -0.3 is 9.64 Å². The normalized spacial score (nSPS) is 20.9. The molecular formula is C19H25F2N5O3. The molecule has 1 aliphatic rings. The maximum atomic E-state index is 14.7. The van der Waals surface area contributed by atoms with Crippen molar-refractivity contribution in [3.8, 4) is 5.88 Å². The average molecular weight is 409 g/mol. The fourth-order valence-corrected chi connectivity index (χ4v) is 4.09.